The molecule has 2 atom stereocenters. The van der Waals surface area contributed by atoms with Crippen molar-refractivity contribution >= 4 is 35.2 Å². The first-order valence-electron chi connectivity index (χ1n) is 11.0. The lowest BCUT2D eigenvalue weighted by Crippen LogP contribution is -2.42. The van der Waals surface area contributed by atoms with E-state index in [9.17, 15) is 14.7 Å². The molecule has 1 aliphatic heterocycles. The number of aliphatic hydroxyl groups is 1. The maximum atomic E-state index is 15.1. The van der Waals surface area contributed by atoms with Crippen LogP contribution in [0.4, 0.5) is 20.8 Å². The molecule has 0 aromatic carbocycles. The minimum absolute atomic E-state index is 0.0281. The molecule has 2 amide bonds. The maximum Gasteiger partial charge on any atom is 0.404 e. The van der Waals surface area contributed by atoms with Crippen LogP contribution in [0.25, 0.3) is 0 Å². The predicted octanol–water partition coefficient (Wildman–Crippen LogP) is 2.14. The van der Waals surface area contributed by atoms with Gasteiger partial charge in [0.2, 0.25) is 17.0 Å². The molecule has 2 heterocycles. The smallest absolute Gasteiger partial charge is 0.404 e. The van der Waals surface area contributed by atoms with Gasteiger partial charge in [-0.15, -0.1) is 0 Å². The monoisotopic (exact) mass is 470 g/mol. The Kier molecular flexibility index (Phi) is 6.57. The number of hydrogen-bond acceptors (Lipinski definition) is 7. The van der Waals surface area contributed by atoms with Gasteiger partial charge in [0.05, 0.1) is 12.0 Å². The normalized spacial score (nSPS) is 22.7. The number of carboxylic acid groups (broad SMARTS) is 1. The van der Waals surface area contributed by atoms with Crippen molar-refractivity contribution in [2.75, 3.05) is 30.0 Å². The molecule has 12 heteroatoms. The number of amides is 2. The van der Waals surface area contributed by atoms with Crippen molar-refractivity contribution in [1.29, 1.82) is 0 Å². The Bertz CT molecular complexity index is 880. The van der Waals surface area contributed by atoms with E-state index in [1.54, 1.807) is 4.90 Å². The van der Waals surface area contributed by atoms with Crippen LogP contribution in [0.15, 0.2) is 0 Å². The van der Waals surface area contributed by atoms with Crippen LogP contribution in [0, 0.1) is 23.1 Å². The maximum absolute atomic E-state index is 15.1. The van der Waals surface area contributed by atoms with E-state index in [2.05, 4.69) is 26.1 Å². The molecule has 10 nitrogen and oxygen atoms in total. The summed E-state index contributed by atoms with van der Waals surface area (Å²) in [6.07, 6.45) is 4.77. The fraction of sp³-hybridized carbons (Fsp3) is 0.700. The first kappa shape index (κ1) is 22.8. The minimum atomic E-state index is -1.21. The van der Waals surface area contributed by atoms with E-state index in [4.69, 9.17) is 16.7 Å². The van der Waals surface area contributed by atoms with E-state index in [1.807, 2.05) is 0 Å². The number of hydrogen-bond donors (Lipinski definition) is 5. The van der Waals surface area contributed by atoms with Gasteiger partial charge in [-0.3, -0.25) is 15.6 Å². The van der Waals surface area contributed by atoms with Crippen molar-refractivity contribution in [3.8, 4) is 0 Å². The zero-order valence-corrected chi connectivity index (χ0v) is 18.4. The third-order valence-electron chi connectivity index (χ3n) is 6.87. The molecule has 2 aliphatic carbocycles. The predicted molar refractivity (Wildman–Crippen MR) is 115 cm³/mol. The highest BCUT2D eigenvalue weighted by Crippen LogP contribution is 2.53. The Morgan fingerprint density at radius 3 is 2.62 bits per heavy atom. The summed E-state index contributed by atoms with van der Waals surface area (Å²) in [5, 5.41) is 21.2. The van der Waals surface area contributed by atoms with Crippen molar-refractivity contribution in [1.82, 2.24) is 20.7 Å². The zero-order valence-electron chi connectivity index (χ0n) is 17.6. The van der Waals surface area contributed by atoms with Gasteiger partial charge in [0.25, 0.3) is 0 Å². The van der Waals surface area contributed by atoms with Gasteiger partial charge in [0, 0.05) is 25.0 Å². The van der Waals surface area contributed by atoms with Crippen LogP contribution in [0.5, 0.6) is 0 Å². The molecule has 4 rings (SSSR count). The fourth-order valence-corrected chi connectivity index (χ4v) is 5.00. The third kappa shape index (κ3) is 4.98. The van der Waals surface area contributed by atoms with E-state index in [-0.39, 0.29) is 35.4 Å². The van der Waals surface area contributed by atoms with Crippen molar-refractivity contribution < 1.29 is 24.2 Å². The van der Waals surface area contributed by atoms with E-state index in [0.717, 1.165) is 38.5 Å². The molecule has 1 aromatic rings. The lowest BCUT2D eigenvalue weighted by Gasteiger charge is -2.22. The van der Waals surface area contributed by atoms with Gasteiger partial charge >= 0.3 is 6.09 Å². The first-order chi connectivity index (χ1) is 15.3. The number of carbonyl (C=O) groups excluding carboxylic acids is 1. The Morgan fingerprint density at radius 2 is 2.00 bits per heavy atom. The molecule has 32 heavy (non-hydrogen) atoms. The second-order valence-corrected chi connectivity index (χ2v) is 9.46. The lowest BCUT2D eigenvalue weighted by atomic mass is 9.92. The Morgan fingerprint density at radius 1 is 1.28 bits per heavy atom. The van der Waals surface area contributed by atoms with Crippen molar-refractivity contribution in [3.05, 3.63) is 11.1 Å². The summed E-state index contributed by atoms with van der Waals surface area (Å²) in [5.74, 6) is -1.81. The van der Waals surface area contributed by atoms with E-state index in [1.165, 1.54) is 0 Å². The summed E-state index contributed by atoms with van der Waals surface area (Å²) in [6.45, 7) is 0.695. The molecule has 176 valence electrons. The van der Waals surface area contributed by atoms with E-state index in [0.29, 0.717) is 18.9 Å². The van der Waals surface area contributed by atoms with E-state index >= 15 is 4.39 Å². The average molecular weight is 471 g/mol. The number of aromatic nitrogens is 2. The largest absolute Gasteiger partial charge is 0.465 e. The number of carbonyl (C=O) groups is 2. The van der Waals surface area contributed by atoms with E-state index < -0.39 is 29.8 Å². The Hall–Kier alpha value is -2.40. The molecule has 1 spiro atoms. The number of anilines is 2. The molecule has 1 unspecified atom stereocenters. The van der Waals surface area contributed by atoms with Gasteiger partial charge in [-0.1, -0.05) is 25.7 Å². The highest BCUT2D eigenvalue weighted by Gasteiger charge is 2.55. The Labute approximate surface area is 189 Å². The van der Waals surface area contributed by atoms with Gasteiger partial charge in [0.1, 0.15) is 0 Å². The number of rotatable bonds is 8. The summed E-state index contributed by atoms with van der Waals surface area (Å²) in [7, 11) is 0. The van der Waals surface area contributed by atoms with Crippen LogP contribution >= 0.6 is 11.6 Å². The second-order valence-electron chi connectivity index (χ2n) is 9.12. The second kappa shape index (κ2) is 9.22. The average Bonchev–Trinajstić information content (AvgIpc) is 3.20. The number of hydrazine groups is 1. The quantitative estimate of drug-likeness (QED) is 0.287. The molecular formula is C20H28ClFN6O4. The third-order valence-corrected chi connectivity index (χ3v) is 7.04. The van der Waals surface area contributed by atoms with Gasteiger partial charge in [0.15, 0.2) is 11.6 Å². The summed E-state index contributed by atoms with van der Waals surface area (Å²) in [5.41, 5.74) is 4.73. The number of halogens is 2. The molecule has 1 saturated heterocycles. The molecule has 3 aliphatic rings. The highest BCUT2D eigenvalue weighted by atomic mass is 35.5. The molecule has 1 aromatic heterocycles. The van der Waals surface area contributed by atoms with Crippen LogP contribution in [-0.2, 0) is 4.79 Å². The molecule has 2 saturated carbocycles. The van der Waals surface area contributed by atoms with Gasteiger partial charge < -0.3 is 20.4 Å². The summed E-state index contributed by atoms with van der Waals surface area (Å²) >= 11 is 5.99. The Balaban J connectivity index is 1.42. The molecule has 5 N–H and O–H groups in total. The number of aliphatic hydroxyl groups excluding tert-OH is 1. The minimum Gasteiger partial charge on any atom is -0.465 e. The molecule has 0 bridgehead atoms. The van der Waals surface area contributed by atoms with Crippen LogP contribution in [0.3, 0.4) is 0 Å². The van der Waals surface area contributed by atoms with Crippen LogP contribution in [0.2, 0.25) is 5.28 Å². The number of β-amino-alcohol motifs (C(OH)–C–C–N with tert-alkyl or cyclic N) is 1. The first-order valence-corrected chi connectivity index (χ1v) is 11.3. The fourth-order valence-electron chi connectivity index (χ4n) is 4.83. The number of nitrogens with zero attached hydrogens (tertiary/aromatic N) is 3. The van der Waals surface area contributed by atoms with Crippen molar-refractivity contribution in [2.45, 2.75) is 51.0 Å². The van der Waals surface area contributed by atoms with Crippen molar-refractivity contribution in [2.24, 2.45) is 17.3 Å². The highest BCUT2D eigenvalue weighted by molar-refractivity contribution is 6.28. The van der Waals surface area contributed by atoms with Gasteiger partial charge in [-0.2, -0.15) is 14.4 Å². The molecule has 0 radical (unpaired) electrons. The topological polar surface area (TPSA) is 140 Å². The lowest BCUT2D eigenvalue weighted by molar-refractivity contribution is -0.124. The van der Waals surface area contributed by atoms with Gasteiger partial charge in [-0.05, 0) is 36.8 Å². The molecular weight excluding hydrogens is 443 g/mol. The summed E-state index contributed by atoms with van der Waals surface area (Å²) in [4.78, 5) is 33.1. The summed E-state index contributed by atoms with van der Waals surface area (Å²) < 4.78 is 15.1. The van der Waals surface area contributed by atoms with Crippen LogP contribution < -0.4 is 21.1 Å². The van der Waals surface area contributed by atoms with Crippen LogP contribution in [0.1, 0.15) is 44.9 Å². The van der Waals surface area contributed by atoms with Crippen LogP contribution in [-0.4, -0.2) is 57.9 Å². The SMILES string of the molecule is O=C(O)NC[C@@H](CC1CCCC1)C(=O)NNc1nc(Cl)nc(N2CC(O)C3(CC3)C2)c1F. The zero-order chi connectivity index (χ0) is 22.9. The van der Waals surface area contributed by atoms with Crippen molar-refractivity contribution in [3.63, 3.8) is 0 Å². The molecule has 3 fully saturated rings. The summed E-state index contributed by atoms with van der Waals surface area (Å²) in [6, 6.07) is 0. The standard InChI is InChI=1S/C20H28ClFN6O4/c21-18-24-15(14(22)16(25-18)28-9-13(29)20(10-28)5-6-20)26-27-17(30)12(8-23-19(31)32)7-11-3-1-2-4-11/h11-13,23,29H,1-10H2,(H,27,30)(H,31,32)(H,24,25,26)/t12-,13?/m1/s1. The number of nitrogens with one attached hydrogen (secondary N) is 3. The van der Waals surface area contributed by atoms with Gasteiger partial charge in [-0.25, -0.2) is 4.79 Å².